The lowest BCUT2D eigenvalue weighted by molar-refractivity contribution is -0.139. The molecule has 2 aliphatic rings. The van der Waals surface area contributed by atoms with Crippen LogP contribution in [0.2, 0.25) is 0 Å². The lowest BCUT2D eigenvalue weighted by Crippen LogP contribution is -2.59. The number of likely N-dealkylation sites (N-methyl/N-ethyl adjacent to an activating group) is 1. The van der Waals surface area contributed by atoms with Crippen molar-refractivity contribution < 1.29 is 19.1 Å². The number of piperazine rings is 1. The van der Waals surface area contributed by atoms with Gasteiger partial charge in [-0.1, -0.05) is 0 Å². The molecule has 1 aromatic heterocycles. The van der Waals surface area contributed by atoms with E-state index in [2.05, 4.69) is 15.5 Å². The summed E-state index contributed by atoms with van der Waals surface area (Å²) in [5.41, 5.74) is 1.70. The van der Waals surface area contributed by atoms with Crippen LogP contribution in [0.4, 0.5) is 9.59 Å². The van der Waals surface area contributed by atoms with Gasteiger partial charge < -0.3 is 20.3 Å². The van der Waals surface area contributed by atoms with Gasteiger partial charge in [0.2, 0.25) is 0 Å². The number of nitrogens with zero attached hydrogens (tertiary/aromatic N) is 3. The molecule has 0 spiro atoms. The van der Waals surface area contributed by atoms with Crippen LogP contribution in [0.5, 0.6) is 0 Å². The molecule has 2 atom stereocenters. The monoisotopic (exact) mass is 491 g/mol. The first-order valence-electron chi connectivity index (χ1n) is 11.9. The minimum atomic E-state index is -0.549. The van der Waals surface area contributed by atoms with Gasteiger partial charge in [-0.2, -0.15) is 11.3 Å². The fourth-order valence-electron chi connectivity index (χ4n) is 4.43. The lowest BCUT2D eigenvalue weighted by atomic mass is 9.96. The number of thiophene rings is 1. The first kappa shape index (κ1) is 26.0. The summed E-state index contributed by atoms with van der Waals surface area (Å²) >= 11 is 1.52. The number of amides is 4. The summed E-state index contributed by atoms with van der Waals surface area (Å²) in [7, 11) is 0. The van der Waals surface area contributed by atoms with Crippen molar-refractivity contribution in [1.82, 2.24) is 25.3 Å². The summed E-state index contributed by atoms with van der Waals surface area (Å²) in [5, 5.41) is 9.89. The molecule has 1 aromatic rings. The Balaban J connectivity index is 1.88. The highest BCUT2D eigenvalue weighted by Crippen LogP contribution is 2.33. The molecule has 0 saturated carbocycles. The summed E-state index contributed by atoms with van der Waals surface area (Å²) in [6, 6.07) is 1.06. The molecule has 1 fully saturated rings. The summed E-state index contributed by atoms with van der Waals surface area (Å²) in [6.07, 6.45) is 0. The maximum absolute atomic E-state index is 13.1. The number of carbonyl (C=O) groups excluding carboxylic acids is 3. The second kappa shape index (κ2) is 10.8. The van der Waals surface area contributed by atoms with Gasteiger partial charge in [-0.05, 0) is 63.9 Å². The van der Waals surface area contributed by atoms with E-state index in [1.807, 2.05) is 56.3 Å². The molecule has 0 unspecified atom stereocenters. The van der Waals surface area contributed by atoms with Crippen LogP contribution < -0.4 is 10.6 Å². The van der Waals surface area contributed by atoms with Gasteiger partial charge in [0.1, 0.15) is 0 Å². The second-order valence-corrected chi connectivity index (χ2v) is 10.5. The van der Waals surface area contributed by atoms with Crippen molar-refractivity contribution >= 4 is 29.4 Å². The molecule has 0 aromatic carbocycles. The number of ether oxygens (including phenoxy) is 1. The molecule has 188 valence electrons. The van der Waals surface area contributed by atoms with Crippen molar-refractivity contribution in [3.05, 3.63) is 33.7 Å². The van der Waals surface area contributed by atoms with Gasteiger partial charge in [-0.25, -0.2) is 14.4 Å². The quantitative estimate of drug-likeness (QED) is 0.596. The van der Waals surface area contributed by atoms with Gasteiger partial charge in [-0.15, -0.1) is 0 Å². The third-order valence-electron chi connectivity index (χ3n) is 5.95. The van der Waals surface area contributed by atoms with E-state index >= 15 is 0 Å². The maximum Gasteiger partial charge on any atom is 0.338 e. The largest absolute Gasteiger partial charge is 0.463 e. The Morgan fingerprint density at radius 3 is 2.56 bits per heavy atom. The van der Waals surface area contributed by atoms with Crippen molar-refractivity contribution in [2.24, 2.45) is 0 Å². The molecule has 4 amide bonds. The van der Waals surface area contributed by atoms with E-state index in [1.165, 1.54) is 11.3 Å². The van der Waals surface area contributed by atoms with Crippen LogP contribution in [-0.2, 0) is 9.53 Å². The van der Waals surface area contributed by atoms with E-state index in [0.29, 0.717) is 44.0 Å². The third-order valence-corrected chi connectivity index (χ3v) is 6.66. The summed E-state index contributed by atoms with van der Waals surface area (Å²) in [4.78, 5) is 44.5. The predicted octanol–water partition coefficient (Wildman–Crippen LogP) is 3.17. The molecular weight excluding hydrogens is 454 g/mol. The Bertz CT molecular complexity index is 924. The lowest BCUT2D eigenvalue weighted by Gasteiger charge is -2.43. The molecule has 10 heteroatoms. The van der Waals surface area contributed by atoms with Crippen LogP contribution in [0, 0.1) is 0 Å². The zero-order valence-corrected chi connectivity index (χ0v) is 21.8. The highest BCUT2D eigenvalue weighted by molar-refractivity contribution is 7.08. The maximum atomic E-state index is 13.1. The van der Waals surface area contributed by atoms with Crippen LogP contribution in [0.1, 0.15) is 53.1 Å². The number of esters is 1. The zero-order valence-electron chi connectivity index (χ0n) is 21.0. The summed E-state index contributed by atoms with van der Waals surface area (Å²) < 4.78 is 5.42. The fraction of sp³-hybridized carbons (Fsp3) is 0.625. The van der Waals surface area contributed by atoms with Gasteiger partial charge in [0.05, 0.1) is 18.2 Å². The Hall–Kier alpha value is -2.59. The molecule has 2 aliphatic heterocycles. The van der Waals surface area contributed by atoms with Crippen LogP contribution in [0.25, 0.3) is 0 Å². The van der Waals surface area contributed by atoms with E-state index in [4.69, 9.17) is 4.74 Å². The van der Waals surface area contributed by atoms with Gasteiger partial charge in [0.15, 0.2) is 0 Å². The molecule has 2 N–H and O–H groups in total. The number of rotatable bonds is 6. The molecule has 9 nitrogen and oxygen atoms in total. The van der Waals surface area contributed by atoms with Crippen LogP contribution in [0.3, 0.4) is 0 Å². The average Bonchev–Trinajstić information content (AvgIpc) is 3.27. The van der Waals surface area contributed by atoms with Gasteiger partial charge in [0, 0.05) is 50.0 Å². The van der Waals surface area contributed by atoms with E-state index in [9.17, 15) is 14.4 Å². The Morgan fingerprint density at radius 2 is 2.00 bits per heavy atom. The second-order valence-electron chi connectivity index (χ2n) is 9.72. The summed E-state index contributed by atoms with van der Waals surface area (Å²) in [5.74, 6) is -0.414. The number of hydrogen-bond donors (Lipinski definition) is 2. The molecule has 34 heavy (non-hydrogen) atoms. The molecule has 3 heterocycles. The van der Waals surface area contributed by atoms with Crippen molar-refractivity contribution in [3.8, 4) is 0 Å². The number of nitrogens with one attached hydrogen (secondary N) is 2. The van der Waals surface area contributed by atoms with Crippen molar-refractivity contribution in [3.63, 3.8) is 0 Å². The highest BCUT2D eigenvalue weighted by atomic mass is 32.1. The molecule has 1 saturated heterocycles. The topological polar surface area (TPSA) is 94.2 Å². The first-order valence-corrected chi connectivity index (χ1v) is 12.8. The van der Waals surface area contributed by atoms with E-state index < -0.39 is 12.0 Å². The van der Waals surface area contributed by atoms with Crippen molar-refractivity contribution in [2.45, 2.75) is 59.2 Å². The van der Waals surface area contributed by atoms with Crippen molar-refractivity contribution in [1.29, 1.82) is 0 Å². The SMILES string of the molecule is CCOC(=O)C1=C(CN2CCN(C(=O)NC(C)(C)C)[C@H](C)C2)N(CC)C(=O)N[C@@H]1c1ccsc1. The molecule has 0 aliphatic carbocycles. The van der Waals surface area contributed by atoms with E-state index in [-0.39, 0.29) is 30.2 Å². The number of hydrogen-bond acceptors (Lipinski definition) is 6. The molecule has 0 bridgehead atoms. The molecule has 0 radical (unpaired) electrons. The Labute approximate surface area is 206 Å². The minimum absolute atomic E-state index is 0.0112. The Kier molecular flexibility index (Phi) is 8.25. The summed E-state index contributed by atoms with van der Waals surface area (Å²) in [6.45, 7) is 14.6. The first-order chi connectivity index (χ1) is 16.1. The van der Waals surface area contributed by atoms with Crippen molar-refractivity contribution in [2.75, 3.05) is 39.3 Å². The normalized spacial score (nSPS) is 22.0. The van der Waals surface area contributed by atoms with Crippen LogP contribution >= 0.6 is 11.3 Å². The zero-order chi connectivity index (χ0) is 25.0. The standard InChI is InChI=1S/C24H37N5O4S/c1-7-28-18(14-27-10-11-29(16(3)13-27)23(32)26-24(4,5)6)19(21(30)33-8-2)20(25-22(28)31)17-9-12-34-15-17/h9,12,15-16,20H,7-8,10-11,13-14H2,1-6H3,(H,25,31)(H,26,32)/t16-,20-/m1/s1. The average molecular weight is 492 g/mol. The number of carbonyl (C=O) groups is 3. The third kappa shape index (κ3) is 5.90. The van der Waals surface area contributed by atoms with E-state index in [1.54, 1.807) is 11.8 Å². The molecular formula is C24H37N5O4S. The van der Waals surface area contributed by atoms with Gasteiger partial charge in [-0.3, -0.25) is 9.80 Å². The smallest absolute Gasteiger partial charge is 0.338 e. The minimum Gasteiger partial charge on any atom is -0.463 e. The molecule has 3 rings (SSSR count). The predicted molar refractivity (Wildman–Crippen MR) is 133 cm³/mol. The van der Waals surface area contributed by atoms with Crippen LogP contribution in [-0.4, -0.2) is 83.6 Å². The fourth-order valence-corrected chi connectivity index (χ4v) is 5.12. The van der Waals surface area contributed by atoms with Gasteiger partial charge >= 0.3 is 18.0 Å². The van der Waals surface area contributed by atoms with Crippen LogP contribution in [0.15, 0.2) is 28.1 Å². The highest BCUT2D eigenvalue weighted by Gasteiger charge is 2.39. The number of urea groups is 2. The Morgan fingerprint density at radius 1 is 1.26 bits per heavy atom. The van der Waals surface area contributed by atoms with E-state index in [0.717, 1.165) is 5.56 Å². The van der Waals surface area contributed by atoms with Gasteiger partial charge in [0.25, 0.3) is 0 Å².